The quantitative estimate of drug-likeness (QED) is 0.639. The van der Waals surface area contributed by atoms with Gasteiger partial charge >= 0.3 is 0 Å². The highest BCUT2D eigenvalue weighted by atomic mass is 16.3. The molecular formula is C11H25NO. The van der Waals surface area contributed by atoms with Crippen LogP contribution < -0.4 is 5.32 Å². The average Bonchev–Trinajstić information content (AvgIpc) is 2.03. The highest BCUT2D eigenvalue weighted by Crippen LogP contribution is 2.17. The second kappa shape index (κ2) is 6.39. The zero-order chi connectivity index (χ0) is 10.3. The van der Waals surface area contributed by atoms with Crippen molar-refractivity contribution in [3.8, 4) is 0 Å². The van der Waals surface area contributed by atoms with Crippen molar-refractivity contribution in [1.29, 1.82) is 0 Å². The summed E-state index contributed by atoms with van der Waals surface area (Å²) in [6.07, 6.45) is 2.11. The van der Waals surface area contributed by atoms with Crippen molar-refractivity contribution in [2.45, 2.75) is 40.5 Å². The number of nitrogens with one attached hydrogen (secondary N) is 1. The summed E-state index contributed by atoms with van der Waals surface area (Å²) in [5.74, 6) is 0.755. The fraction of sp³-hybridized carbons (Fsp3) is 1.00. The Morgan fingerprint density at radius 2 is 2.00 bits per heavy atom. The Morgan fingerprint density at radius 3 is 2.46 bits per heavy atom. The largest absolute Gasteiger partial charge is 0.396 e. The third kappa shape index (κ3) is 7.03. The van der Waals surface area contributed by atoms with Gasteiger partial charge in [-0.15, -0.1) is 0 Å². The van der Waals surface area contributed by atoms with E-state index >= 15 is 0 Å². The Balaban J connectivity index is 3.50. The Labute approximate surface area is 82.7 Å². The lowest BCUT2D eigenvalue weighted by Crippen LogP contribution is -2.32. The standard InChI is InChI=1S/C11H25NO/c1-5-10(2)8-12-9-11(3,4)6-7-13/h10,12-13H,5-9H2,1-4H3. The van der Waals surface area contributed by atoms with Gasteiger partial charge in [0.05, 0.1) is 0 Å². The molecule has 0 aliphatic carbocycles. The monoisotopic (exact) mass is 187 g/mol. The summed E-state index contributed by atoms with van der Waals surface area (Å²) in [5.41, 5.74) is 0.224. The van der Waals surface area contributed by atoms with Gasteiger partial charge in [0.2, 0.25) is 0 Å². The second-order valence-electron chi connectivity index (χ2n) is 4.78. The minimum Gasteiger partial charge on any atom is -0.396 e. The number of hydrogen-bond acceptors (Lipinski definition) is 2. The summed E-state index contributed by atoms with van der Waals surface area (Å²) in [6.45, 7) is 11.2. The SMILES string of the molecule is CCC(C)CNCC(C)(C)CCO. The summed E-state index contributed by atoms with van der Waals surface area (Å²) < 4.78 is 0. The van der Waals surface area contributed by atoms with Gasteiger partial charge < -0.3 is 10.4 Å². The normalized spacial score (nSPS) is 14.5. The maximum atomic E-state index is 8.83. The average molecular weight is 187 g/mol. The first-order valence-electron chi connectivity index (χ1n) is 5.33. The summed E-state index contributed by atoms with van der Waals surface area (Å²) in [5, 5.41) is 12.3. The molecule has 0 aromatic carbocycles. The lowest BCUT2D eigenvalue weighted by molar-refractivity contribution is 0.205. The van der Waals surface area contributed by atoms with Gasteiger partial charge in [-0.05, 0) is 24.3 Å². The van der Waals surface area contributed by atoms with E-state index in [2.05, 4.69) is 33.0 Å². The van der Waals surface area contributed by atoms with Crippen molar-refractivity contribution in [2.75, 3.05) is 19.7 Å². The minimum atomic E-state index is 0.224. The van der Waals surface area contributed by atoms with E-state index in [1.807, 2.05) is 0 Å². The Kier molecular flexibility index (Phi) is 6.35. The molecule has 0 aliphatic heterocycles. The fourth-order valence-electron chi connectivity index (χ4n) is 1.19. The molecule has 0 heterocycles. The Morgan fingerprint density at radius 1 is 1.38 bits per heavy atom. The molecule has 0 amide bonds. The van der Waals surface area contributed by atoms with Crippen LogP contribution >= 0.6 is 0 Å². The molecule has 0 aromatic heterocycles. The molecule has 0 saturated heterocycles. The van der Waals surface area contributed by atoms with Crippen molar-refractivity contribution in [1.82, 2.24) is 5.32 Å². The van der Waals surface area contributed by atoms with Gasteiger partial charge in [-0.3, -0.25) is 0 Å². The van der Waals surface area contributed by atoms with Gasteiger partial charge in [-0.1, -0.05) is 34.1 Å². The highest BCUT2D eigenvalue weighted by molar-refractivity contribution is 4.71. The number of hydrogen-bond donors (Lipinski definition) is 2. The lowest BCUT2D eigenvalue weighted by atomic mass is 9.89. The van der Waals surface area contributed by atoms with Gasteiger partial charge in [0.15, 0.2) is 0 Å². The van der Waals surface area contributed by atoms with Gasteiger partial charge in [0.1, 0.15) is 0 Å². The van der Waals surface area contributed by atoms with Crippen molar-refractivity contribution in [3.05, 3.63) is 0 Å². The first-order chi connectivity index (χ1) is 6.02. The van der Waals surface area contributed by atoms with Crippen molar-refractivity contribution in [2.24, 2.45) is 11.3 Å². The molecule has 2 heteroatoms. The molecule has 1 unspecified atom stereocenters. The molecule has 0 aromatic rings. The van der Waals surface area contributed by atoms with Crippen LogP contribution in [0.5, 0.6) is 0 Å². The maximum Gasteiger partial charge on any atom is 0.0436 e. The predicted octanol–water partition coefficient (Wildman–Crippen LogP) is 2.03. The van der Waals surface area contributed by atoms with E-state index in [1.54, 1.807) is 0 Å². The summed E-state index contributed by atoms with van der Waals surface area (Å²) in [6, 6.07) is 0. The smallest absolute Gasteiger partial charge is 0.0436 e. The van der Waals surface area contributed by atoms with E-state index < -0.39 is 0 Å². The molecule has 0 radical (unpaired) electrons. The molecule has 1 atom stereocenters. The molecule has 0 fully saturated rings. The van der Waals surface area contributed by atoms with E-state index in [0.29, 0.717) is 0 Å². The first kappa shape index (κ1) is 12.9. The highest BCUT2D eigenvalue weighted by Gasteiger charge is 2.16. The van der Waals surface area contributed by atoms with Crippen molar-refractivity contribution in [3.63, 3.8) is 0 Å². The Hall–Kier alpha value is -0.0800. The van der Waals surface area contributed by atoms with E-state index in [1.165, 1.54) is 6.42 Å². The van der Waals surface area contributed by atoms with Gasteiger partial charge in [-0.25, -0.2) is 0 Å². The van der Waals surface area contributed by atoms with Gasteiger partial charge in [0, 0.05) is 13.2 Å². The number of rotatable bonds is 7. The molecule has 0 spiro atoms. The maximum absolute atomic E-state index is 8.83. The van der Waals surface area contributed by atoms with Crippen LogP contribution in [0.1, 0.15) is 40.5 Å². The molecule has 13 heavy (non-hydrogen) atoms. The number of aliphatic hydroxyl groups is 1. The van der Waals surface area contributed by atoms with Crippen molar-refractivity contribution >= 4 is 0 Å². The third-order valence-corrected chi connectivity index (χ3v) is 2.58. The molecule has 80 valence electrons. The topological polar surface area (TPSA) is 32.3 Å². The molecule has 0 bridgehead atoms. The van der Waals surface area contributed by atoms with Crippen molar-refractivity contribution < 1.29 is 5.11 Å². The van der Waals surface area contributed by atoms with Crippen LogP contribution in [-0.4, -0.2) is 24.8 Å². The van der Waals surface area contributed by atoms with Gasteiger partial charge in [0.25, 0.3) is 0 Å². The fourth-order valence-corrected chi connectivity index (χ4v) is 1.19. The summed E-state index contributed by atoms with van der Waals surface area (Å²) in [4.78, 5) is 0. The van der Waals surface area contributed by atoms with E-state index in [9.17, 15) is 0 Å². The summed E-state index contributed by atoms with van der Waals surface area (Å²) in [7, 11) is 0. The molecule has 0 aliphatic rings. The first-order valence-corrected chi connectivity index (χ1v) is 5.33. The van der Waals surface area contributed by atoms with Crippen LogP contribution in [-0.2, 0) is 0 Å². The van der Waals surface area contributed by atoms with E-state index in [4.69, 9.17) is 5.11 Å². The number of aliphatic hydroxyl groups excluding tert-OH is 1. The van der Waals surface area contributed by atoms with Crippen LogP contribution in [0.25, 0.3) is 0 Å². The molecule has 0 saturated carbocycles. The minimum absolute atomic E-state index is 0.224. The third-order valence-electron chi connectivity index (χ3n) is 2.58. The second-order valence-corrected chi connectivity index (χ2v) is 4.78. The van der Waals surface area contributed by atoms with Crippen LogP contribution in [0, 0.1) is 11.3 Å². The van der Waals surface area contributed by atoms with E-state index in [-0.39, 0.29) is 12.0 Å². The zero-order valence-corrected chi connectivity index (χ0v) is 9.56. The summed E-state index contributed by atoms with van der Waals surface area (Å²) >= 11 is 0. The van der Waals surface area contributed by atoms with Crippen LogP contribution in [0.4, 0.5) is 0 Å². The molecule has 0 rings (SSSR count). The van der Waals surface area contributed by atoms with Crippen LogP contribution in [0.3, 0.4) is 0 Å². The lowest BCUT2D eigenvalue weighted by Gasteiger charge is -2.24. The van der Waals surface area contributed by atoms with Crippen LogP contribution in [0.2, 0.25) is 0 Å². The predicted molar refractivity (Wildman–Crippen MR) is 57.8 cm³/mol. The molecule has 2 nitrogen and oxygen atoms in total. The van der Waals surface area contributed by atoms with Crippen LogP contribution in [0.15, 0.2) is 0 Å². The van der Waals surface area contributed by atoms with Gasteiger partial charge in [-0.2, -0.15) is 0 Å². The Bertz CT molecular complexity index is 123. The molecule has 2 N–H and O–H groups in total. The zero-order valence-electron chi connectivity index (χ0n) is 9.56. The molecular weight excluding hydrogens is 162 g/mol. The van der Waals surface area contributed by atoms with E-state index in [0.717, 1.165) is 25.4 Å².